The summed E-state index contributed by atoms with van der Waals surface area (Å²) in [5.74, 6) is -0.00885. The van der Waals surface area contributed by atoms with E-state index in [0.29, 0.717) is 13.1 Å². The molecule has 0 unspecified atom stereocenters. The Kier molecular flexibility index (Phi) is 4.11. The number of benzene rings is 1. The highest BCUT2D eigenvalue weighted by atomic mass is 35.5. The van der Waals surface area contributed by atoms with Crippen LogP contribution in [0.2, 0.25) is 5.02 Å². The van der Waals surface area contributed by atoms with E-state index in [9.17, 15) is 4.79 Å². The van der Waals surface area contributed by atoms with Crippen LogP contribution in [0.5, 0.6) is 0 Å². The Bertz CT molecular complexity index is 685. The van der Waals surface area contributed by atoms with E-state index in [2.05, 4.69) is 14.9 Å². The minimum atomic E-state index is -0.176. The molecule has 1 amide bonds. The zero-order valence-electron chi connectivity index (χ0n) is 11.9. The number of nitrogens with two attached hydrogens (primary N) is 1. The van der Waals surface area contributed by atoms with Gasteiger partial charge in [-0.25, -0.2) is 9.97 Å². The molecule has 2 heterocycles. The fraction of sp³-hybridized carbons (Fsp3) is 0.267. The molecule has 1 fully saturated rings. The van der Waals surface area contributed by atoms with Crippen molar-refractivity contribution in [2.45, 2.75) is 0 Å². The summed E-state index contributed by atoms with van der Waals surface area (Å²) < 4.78 is 0. The van der Waals surface area contributed by atoms with Gasteiger partial charge in [-0.1, -0.05) is 23.7 Å². The first-order valence-electron chi connectivity index (χ1n) is 7.02. The highest BCUT2D eigenvalue weighted by Crippen LogP contribution is 2.26. The van der Waals surface area contributed by atoms with E-state index in [-0.39, 0.29) is 17.4 Å². The normalized spacial score (nSPS) is 15.0. The number of nitrogens with zero attached hydrogens (tertiary/aromatic N) is 4. The van der Waals surface area contributed by atoms with Crippen molar-refractivity contribution in [2.75, 3.05) is 36.8 Å². The molecule has 1 saturated heterocycles. The molecule has 2 aromatic rings. The van der Waals surface area contributed by atoms with Gasteiger partial charge < -0.3 is 15.5 Å². The first-order valence-corrected chi connectivity index (χ1v) is 7.40. The van der Waals surface area contributed by atoms with Crippen LogP contribution in [0.3, 0.4) is 0 Å². The molecule has 1 aromatic carbocycles. The number of nitrogen functional groups attached to an aromatic ring is 1. The van der Waals surface area contributed by atoms with E-state index in [1.54, 1.807) is 4.90 Å². The van der Waals surface area contributed by atoms with Crippen molar-refractivity contribution < 1.29 is 4.79 Å². The highest BCUT2D eigenvalue weighted by molar-refractivity contribution is 6.33. The van der Waals surface area contributed by atoms with Crippen molar-refractivity contribution in [3.63, 3.8) is 0 Å². The van der Waals surface area contributed by atoms with Crippen molar-refractivity contribution in [1.29, 1.82) is 0 Å². The number of amides is 1. The van der Waals surface area contributed by atoms with Gasteiger partial charge in [-0.15, -0.1) is 0 Å². The molecule has 1 aromatic heterocycles. The van der Waals surface area contributed by atoms with Gasteiger partial charge in [0.2, 0.25) is 0 Å². The zero-order chi connectivity index (χ0) is 15.5. The van der Waals surface area contributed by atoms with Crippen molar-refractivity contribution >= 4 is 29.0 Å². The number of para-hydroxylation sites is 1. The standard InChI is InChI=1S/C15H16ClN5O/c16-11-3-1-2-4-12(11)20-7-9-21(10-8-20)15(22)13-14(17)19-6-5-18-13/h1-6H,7-10H2,(H2,17,19). The first-order chi connectivity index (χ1) is 10.7. The van der Waals surface area contributed by atoms with Crippen LogP contribution in [0, 0.1) is 0 Å². The average Bonchev–Trinajstić information content (AvgIpc) is 2.55. The molecular formula is C15H16ClN5O. The van der Waals surface area contributed by atoms with Gasteiger partial charge in [-0.2, -0.15) is 0 Å². The van der Waals surface area contributed by atoms with Gasteiger partial charge in [-0.05, 0) is 12.1 Å². The molecule has 0 spiro atoms. The zero-order valence-corrected chi connectivity index (χ0v) is 12.7. The Balaban J connectivity index is 1.68. The second kappa shape index (κ2) is 6.19. The van der Waals surface area contributed by atoms with Crippen LogP contribution in [0.25, 0.3) is 0 Å². The molecular weight excluding hydrogens is 302 g/mol. The molecule has 2 N–H and O–H groups in total. The van der Waals surface area contributed by atoms with Crippen molar-refractivity contribution in [1.82, 2.24) is 14.9 Å². The van der Waals surface area contributed by atoms with Gasteiger partial charge in [0.05, 0.1) is 10.7 Å². The van der Waals surface area contributed by atoms with Gasteiger partial charge in [0.1, 0.15) is 0 Å². The lowest BCUT2D eigenvalue weighted by molar-refractivity contribution is 0.0741. The first kappa shape index (κ1) is 14.6. The highest BCUT2D eigenvalue weighted by Gasteiger charge is 2.25. The van der Waals surface area contributed by atoms with Gasteiger partial charge >= 0.3 is 0 Å². The van der Waals surface area contributed by atoms with E-state index >= 15 is 0 Å². The Hall–Kier alpha value is -2.34. The monoisotopic (exact) mass is 317 g/mol. The second-order valence-corrected chi connectivity index (χ2v) is 5.43. The third-order valence-electron chi connectivity index (χ3n) is 3.69. The number of piperazine rings is 1. The Morgan fingerprint density at radius 1 is 1.09 bits per heavy atom. The van der Waals surface area contributed by atoms with Crippen LogP contribution < -0.4 is 10.6 Å². The van der Waals surface area contributed by atoms with Crippen molar-refractivity contribution in [3.8, 4) is 0 Å². The fourth-order valence-corrected chi connectivity index (χ4v) is 2.78. The lowest BCUT2D eigenvalue weighted by Gasteiger charge is -2.36. The van der Waals surface area contributed by atoms with E-state index in [1.807, 2.05) is 24.3 Å². The third kappa shape index (κ3) is 2.82. The third-order valence-corrected chi connectivity index (χ3v) is 4.01. The molecule has 7 heteroatoms. The summed E-state index contributed by atoms with van der Waals surface area (Å²) in [7, 11) is 0. The van der Waals surface area contributed by atoms with Crippen LogP contribution in [0.4, 0.5) is 11.5 Å². The maximum absolute atomic E-state index is 12.4. The molecule has 0 radical (unpaired) electrons. The lowest BCUT2D eigenvalue weighted by Crippen LogP contribution is -2.49. The van der Waals surface area contributed by atoms with Crippen LogP contribution in [-0.4, -0.2) is 47.0 Å². The molecule has 1 aliphatic heterocycles. The Morgan fingerprint density at radius 3 is 2.45 bits per heavy atom. The molecule has 114 valence electrons. The van der Waals surface area contributed by atoms with E-state index < -0.39 is 0 Å². The molecule has 22 heavy (non-hydrogen) atoms. The minimum Gasteiger partial charge on any atom is -0.382 e. The predicted octanol–water partition coefficient (Wildman–Crippen LogP) is 1.67. The Morgan fingerprint density at radius 2 is 1.77 bits per heavy atom. The second-order valence-electron chi connectivity index (χ2n) is 5.02. The van der Waals surface area contributed by atoms with Crippen LogP contribution in [0.1, 0.15) is 10.5 Å². The van der Waals surface area contributed by atoms with Crippen molar-refractivity contribution in [3.05, 3.63) is 47.4 Å². The summed E-state index contributed by atoms with van der Waals surface area (Å²) in [6, 6.07) is 7.72. The van der Waals surface area contributed by atoms with E-state index in [0.717, 1.165) is 23.8 Å². The SMILES string of the molecule is Nc1nccnc1C(=O)N1CCN(c2ccccc2Cl)CC1. The quantitative estimate of drug-likeness (QED) is 0.912. The van der Waals surface area contributed by atoms with Crippen LogP contribution in [0.15, 0.2) is 36.7 Å². The maximum atomic E-state index is 12.4. The van der Waals surface area contributed by atoms with Gasteiger partial charge in [0.15, 0.2) is 11.5 Å². The van der Waals surface area contributed by atoms with E-state index in [4.69, 9.17) is 17.3 Å². The molecule has 0 saturated carbocycles. The van der Waals surface area contributed by atoms with Crippen molar-refractivity contribution in [2.24, 2.45) is 0 Å². The molecule has 1 aliphatic rings. The molecule has 0 aliphatic carbocycles. The molecule has 6 nitrogen and oxygen atoms in total. The molecule has 0 bridgehead atoms. The maximum Gasteiger partial charge on any atom is 0.276 e. The Labute approximate surface area is 133 Å². The lowest BCUT2D eigenvalue weighted by atomic mass is 10.2. The largest absolute Gasteiger partial charge is 0.382 e. The van der Waals surface area contributed by atoms with Gasteiger partial charge in [-0.3, -0.25) is 4.79 Å². The summed E-state index contributed by atoms with van der Waals surface area (Å²) in [5.41, 5.74) is 6.93. The fourth-order valence-electron chi connectivity index (χ4n) is 2.52. The summed E-state index contributed by atoms with van der Waals surface area (Å²) in [6.45, 7) is 2.63. The summed E-state index contributed by atoms with van der Waals surface area (Å²) >= 11 is 6.22. The molecule has 3 rings (SSSR count). The number of carbonyl (C=O) groups excluding carboxylic acids is 1. The summed E-state index contributed by atoms with van der Waals surface area (Å²) in [6.07, 6.45) is 2.95. The topological polar surface area (TPSA) is 75.3 Å². The smallest absolute Gasteiger partial charge is 0.276 e. The summed E-state index contributed by atoms with van der Waals surface area (Å²) in [4.78, 5) is 24.3. The minimum absolute atomic E-state index is 0.168. The summed E-state index contributed by atoms with van der Waals surface area (Å²) in [5, 5.41) is 0.723. The number of hydrogen-bond donors (Lipinski definition) is 1. The number of rotatable bonds is 2. The van der Waals surface area contributed by atoms with Crippen LogP contribution >= 0.6 is 11.6 Å². The number of aromatic nitrogens is 2. The van der Waals surface area contributed by atoms with Crippen LogP contribution in [-0.2, 0) is 0 Å². The predicted molar refractivity (Wildman–Crippen MR) is 86.0 cm³/mol. The average molecular weight is 318 g/mol. The number of hydrogen-bond acceptors (Lipinski definition) is 5. The number of anilines is 2. The molecule has 0 atom stereocenters. The van der Waals surface area contributed by atoms with E-state index in [1.165, 1.54) is 12.4 Å². The number of carbonyl (C=O) groups is 1. The van der Waals surface area contributed by atoms with Gasteiger partial charge in [0, 0.05) is 38.6 Å². The number of halogens is 1. The van der Waals surface area contributed by atoms with Gasteiger partial charge in [0.25, 0.3) is 5.91 Å².